The summed E-state index contributed by atoms with van der Waals surface area (Å²) in [7, 11) is 0. The standard InChI is InChI=1S/C25H18BrFO/c26-23-13-10-20(11-14-23)19-6-8-21(9-7-19)22-12-15-25(24(27)16-22)28-17-18-4-2-1-3-5-18/h1-16H,17H2. The summed E-state index contributed by atoms with van der Waals surface area (Å²) in [5.41, 5.74) is 5.07. The summed E-state index contributed by atoms with van der Waals surface area (Å²) in [5, 5.41) is 0. The van der Waals surface area contributed by atoms with Crippen LogP contribution in [0.2, 0.25) is 0 Å². The van der Waals surface area contributed by atoms with E-state index in [4.69, 9.17) is 4.74 Å². The Morgan fingerprint density at radius 3 is 1.79 bits per heavy atom. The number of rotatable bonds is 5. The minimum Gasteiger partial charge on any atom is -0.486 e. The van der Waals surface area contributed by atoms with Gasteiger partial charge in [-0.25, -0.2) is 4.39 Å². The van der Waals surface area contributed by atoms with Gasteiger partial charge in [0.15, 0.2) is 11.6 Å². The van der Waals surface area contributed by atoms with E-state index in [0.29, 0.717) is 6.61 Å². The van der Waals surface area contributed by atoms with Gasteiger partial charge in [0.2, 0.25) is 0 Å². The molecule has 0 spiro atoms. The quantitative estimate of drug-likeness (QED) is 0.317. The first-order valence-corrected chi connectivity index (χ1v) is 9.81. The molecule has 0 fully saturated rings. The van der Waals surface area contributed by atoms with Crippen molar-refractivity contribution in [2.45, 2.75) is 6.61 Å². The van der Waals surface area contributed by atoms with Gasteiger partial charge in [-0.3, -0.25) is 0 Å². The molecule has 0 saturated heterocycles. The van der Waals surface area contributed by atoms with Gasteiger partial charge in [-0.15, -0.1) is 0 Å². The summed E-state index contributed by atoms with van der Waals surface area (Å²) in [4.78, 5) is 0. The average molecular weight is 433 g/mol. The van der Waals surface area contributed by atoms with Crippen molar-refractivity contribution in [3.63, 3.8) is 0 Å². The van der Waals surface area contributed by atoms with Crippen molar-refractivity contribution in [2.24, 2.45) is 0 Å². The predicted octanol–water partition coefficient (Wildman–Crippen LogP) is 7.50. The van der Waals surface area contributed by atoms with Gasteiger partial charge in [0.05, 0.1) is 0 Å². The molecule has 3 heteroatoms. The molecule has 0 radical (unpaired) electrons. The molecule has 1 nitrogen and oxygen atoms in total. The Kier molecular flexibility index (Phi) is 5.54. The second-order valence-electron chi connectivity index (χ2n) is 6.50. The molecule has 0 saturated carbocycles. The lowest BCUT2D eigenvalue weighted by molar-refractivity contribution is 0.290. The molecule has 0 heterocycles. The summed E-state index contributed by atoms with van der Waals surface area (Å²) in [6.45, 7) is 0.346. The lowest BCUT2D eigenvalue weighted by atomic mass is 10.0. The monoisotopic (exact) mass is 432 g/mol. The Morgan fingerprint density at radius 1 is 0.643 bits per heavy atom. The zero-order chi connectivity index (χ0) is 19.3. The molecule has 0 aliphatic carbocycles. The van der Waals surface area contributed by atoms with Gasteiger partial charge in [-0.05, 0) is 52.1 Å². The number of ether oxygens (including phenoxy) is 1. The van der Waals surface area contributed by atoms with E-state index in [1.54, 1.807) is 6.07 Å². The zero-order valence-corrected chi connectivity index (χ0v) is 16.7. The van der Waals surface area contributed by atoms with Gasteiger partial charge < -0.3 is 4.74 Å². The maximum Gasteiger partial charge on any atom is 0.165 e. The Labute approximate surface area is 172 Å². The maximum absolute atomic E-state index is 14.5. The van der Waals surface area contributed by atoms with Gasteiger partial charge in [-0.1, -0.05) is 88.7 Å². The lowest BCUT2D eigenvalue weighted by Crippen LogP contribution is -1.97. The fourth-order valence-electron chi connectivity index (χ4n) is 3.03. The Balaban J connectivity index is 1.50. The highest BCUT2D eigenvalue weighted by atomic mass is 79.9. The predicted molar refractivity (Wildman–Crippen MR) is 116 cm³/mol. The molecule has 0 atom stereocenters. The smallest absolute Gasteiger partial charge is 0.165 e. The zero-order valence-electron chi connectivity index (χ0n) is 15.1. The summed E-state index contributed by atoms with van der Waals surface area (Å²) in [6, 6.07) is 31.1. The molecule has 0 aliphatic rings. The van der Waals surface area contributed by atoms with Crippen LogP contribution in [-0.2, 0) is 6.61 Å². The maximum atomic E-state index is 14.5. The van der Waals surface area contributed by atoms with E-state index in [1.807, 2.05) is 60.7 Å². The summed E-state index contributed by atoms with van der Waals surface area (Å²) in [5.74, 6) is -0.0931. The van der Waals surface area contributed by atoms with Crippen LogP contribution in [-0.4, -0.2) is 0 Å². The Morgan fingerprint density at radius 2 is 1.18 bits per heavy atom. The van der Waals surface area contributed by atoms with Crippen LogP contribution in [0.1, 0.15) is 5.56 Å². The first kappa shape index (κ1) is 18.5. The van der Waals surface area contributed by atoms with Crippen molar-refractivity contribution in [3.05, 3.63) is 113 Å². The highest BCUT2D eigenvalue weighted by Gasteiger charge is 2.07. The van der Waals surface area contributed by atoms with Crippen LogP contribution in [0.4, 0.5) is 4.39 Å². The van der Waals surface area contributed by atoms with Crippen molar-refractivity contribution >= 4 is 15.9 Å². The first-order valence-electron chi connectivity index (χ1n) is 9.02. The topological polar surface area (TPSA) is 9.23 Å². The van der Waals surface area contributed by atoms with Crippen molar-refractivity contribution in [1.29, 1.82) is 0 Å². The van der Waals surface area contributed by atoms with Crippen LogP contribution in [0.25, 0.3) is 22.3 Å². The molecule has 0 unspecified atom stereocenters. The molecule has 4 rings (SSSR count). The van der Waals surface area contributed by atoms with E-state index in [1.165, 1.54) is 6.07 Å². The highest BCUT2D eigenvalue weighted by Crippen LogP contribution is 2.29. The minimum absolute atomic E-state index is 0.263. The van der Waals surface area contributed by atoms with Gasteiger partial charge >= 0.3 is 0 Å². The lowest BCUT2D eigenvalue weighted by Gasteiger charge is -2.10. The van der Waals surface area contributed by atoms with E-state index in [0.717, 1.165) is 32.3 Å². The Hall–Kier alpha value is -2.91. The van der Waals surface area contributed by atoms with Crippen molar-refractivity contribution in [1.82, 2.24) is 0 Å². The fourth-order valence-corrected chi connectivity index (χ4v) is 3.29. The largest absolute Gasteiger partial charge is 0.486 e. The van der Waals surface area contributed by atoms with Gasteiger partial charge in [0.25, 0.3) is 0 Å². The molecular formula is C25H18BrFO. The van der Waals surface area contributed by atoms with E-state index in [9.17, 15) is 4.39 Å². The van der Waals surface area contributed by atoms with Gasteiger partial charge in [0, 0.05) is 4.47 Å². The van der Waals surface area contributed by atoms with E-state index in [-0.39, 0.29) is 11.6 Å². The molecule has 0 N–H and O–H groups in total. The molecule has 0 aliphatic heterocycles. The third-order valence-corrected chi connectivity index (χ3v) is 5.09. The number of hydrogen-bond donors (Lipinski definition) is 0. The van der Waals surface area contributed by atoms with Crippen molar-refractivity contribution < 1.29 is 9.13 Å². The normalized spacial score (nSPS) is 10.6. The molecule has 0 aromatic heterocycles. The number of halogens is 2. The van der Waals surface area contributed by atoms with Gasteiger partial charge in [0.1, 0.15) is 6.61 Å². The number of hydrogen-bond acceptors (Lipinski definition) is 1. The van der Waals surface area contributed by atoms with E-state index >= 15 is 0 Å². The molecule has 28 heavy (non-hydrogen) atoms. The summed E-state index contributed by atoms with van der Waals surface area (Å²) >= 11 is 3.45. The van der Waals surface area contributed by atoms with Crippen molar-refractivity contribution in [2.75, 3.05) is 0 Å². The van der Waals surface area contributed by atoms with Gasteiger partial charge in [-0.2, -0.15) is 0 Å². The van der Waals surface area contributed by atoms with E-state index in [2.05, 4.69) is 40.2 Å². The van der Waals surface area contributed by atoms with Crippen molar-refractivity contribution in [3.8, 4) is 28.0 Å². The molecule has 4 aromatic carbocycles. The molecule has 0 bridgehead atoms. The third-order valence-electron chi connectivity index (χ3n) is 4.56. The van der Waals surface area contributed by atoms with Crippen LogP contribution in [0, 0.1) is 5.82 Å². The summed E-state index contributed by atoms with van der Waals surface area (Å²) in [6.07, 6.45) is 0. The average Bonchev–Trinajstić information content (AvgIpc) is 2.74. The van der Waals surface area contributed by atoms with Crippen LogP contribution in [0.3, 0.4) is 0 Å². The third kappa shape index (κ3) is 4.32. The van der Waals surface area contributed by atoms with E-state index < -0.39 is 0 Å². The second kappa shape index (κ2) is 8.41. The first-order chi connectivity index (χ1) is 13.7. The van der Waals surface area contributed by atoms with Crippen LogP contribution in [0.15, 0.2) is 102 Å². The number of benzene rings is 4. The fraction of sp³-hybridized carbons (Fsp3) is 0.0400. The van der Waals surface area contributed by atoms with Crippen LogP contribution < -0.4 is 4.74 Å². The van der Waals surface area contributed by atoms with Crippen LogP contribution >= 0.6 is 15.9 Å². The van der Waals surface area contributed by atoms with Crippen LogP contribution in [0.5, 0.6) is 5.75 Å². The second-order valence-corrected chi connectivity index (χ2v) is 7.42. The molecule has 4 aromatic rings. The molecular weight excluding hydrogens is 415 g/mol. The molecule has 0 amide bonds. The summed E-state index contributed by atoms with van der Waals surface area (Å²) < 4.78 is 21.2. The minimum atomic E-state index is -0.356. The Bertz CT molecular complexity index is 1060. The molecule has 138 valence electrons. The highest BCUT2D eigenvalue weighted by molar-refractivity contribution is 9.10. The SMILES string of the molecule is Fc1cc(-c2ccc(-c3ccc(Br)cc3)cc2)ccc1OCc1ccccc1.